The molecule has 0 saturated heterocycles. The maximum Gasteiger partial charge on any atom is 0.233 e. The molecule has 2 unspecified atom stereocenters. The van der Waals surface area contributed by atoms with Crippen LogP contribution in [0.2, 0.25) is 0 Å². The topological polar surface area (TPSA) is 181 Å². The van der Waals surface area contributed by atoms with Crippen molar-refractivity contribution in [3.05, 3.63) is 96.1 Å². The molecule has 0 aromatic heterocycles. The van der Waals surface area contributed by atoms with E-state index in [0.29, 0.717) is 45.4 Å². The smallest absolute Gasteiger partial charge is 0.233 e. The Morgan fingerprint density at radius 2 is 1.23 bits per heavy atom. The van der Waals surface area contributed by atoms with Gasteiger partial charge in [0.15, 0.2) is 0 Å². The van der Waals surface area contributed by atoms with Gasteiger partial charge in [-0.2, -0.15) is 0 Å². The largest absolute Gasteiger partial charge is 0.497 e. The second-order valence-corrected chi connectivity index (χ2v) is 9.14. The van der Waals surface area contributed by atoms with E-state index in [1.807, 2.05) is 0 Å². The molecule has 0 saturated carbocycles. The molecule has 10 nitrogen and oxygen atoms in total. The SMILES string of the molecule is COc1cccc(NC(=O)C(c2ccc(N)cc2N)C(C(=O)Nc2ccccc2OC)c2ccc(N)cc2N)c1. The number of nitrogens with two attached hydrogens (primary N) is 4. The van der Waals surface area contributed by atoms with Crippen LogP contribution in [0.15, 0.2) is 84.9 Å². The van der Waals surface area contributed by atoms with E-state index >= 15 is 0 Å². The summed E-state index contributed by atoms with van der Waals surface area (Å²) in [6, 6.07) is 23.4. The summed E-state index contributed by atoms with van der Waals surface area (Å²) >= 11 is 0. The number of amides is 2. The number of nitrogens with one attached hydrogen (secondary N) is 2. The van der Waals surface area contributed by atoms with Crippen molar-refractivity contribution in [2.45, 2.75) is 11.8 Å². The predicted molar refractivity (Wildman–Crippen MR) is 159 cm³/mol. The van der Waals surface area contributed by atoms with E-state index in [1.54, 1.807) is 84.9 Å². The predicted octanol–water partition coefficient (Wildman–Crippen LogP) is 4.18. The van der Waals surface area contributed by atoms with Gasteiger partial charge in [0.2, 0.25) is 11.8 Å². The summed E-state index contributed by atoms with van der Waals surface area (Å²) in [4.78, 5) is 28.3. The average Bonchev–Trinajstić information content (AvgIpc) is 2.93. The van der Waals surface area contributed by atoms with Crippen LogP contribution in [0.5, 0.6) is 11.5 Å². The minimum absolute atomic E-state index is 0.244. The Labute approximate surface area is 232 Å². The molecule has 4 aromatic carbocycles. The molecule has 2 amide bonds. The van der Waals surface area contributed by atoms with Crippen LogP contribution in [0.3, 0.4) is 0 Å². The van der Waals surface area contributed by atoms with Gasteiger partial charge in [0.1, 0.15) is 11.5 Å². The first-order valence-corrected chi connectivity index (χ1v) is 12.4. The quantitative estimate of drug-likeness (QED) is 0.171. The van der Waals surface area contributed by atoms with Gasteiger partial charge in [0.25, 0.3) is 0 Å². The fraction of sp³-hybridized carbons (Fsp3) is 0.133. The lowest BCUT2D eigenvalue weighted by molar-refractivity contribution is -0.124. The summed E-state index contributed by atoms with van der Waals surface area (Å²) in [7, 11) is 3.03. The summed E-state index contributed by atoms with van der Waals surface area (Å²) in [6.07, 6.45) is 0. The first kappa shape index (κ1) is 27.6. The van der Waals surface area contributed by atoms with Crippen LogP contribution in [0, 0.1) is 0 Å². The minimum atomic E-state index is -1.14. The molecule has 0 spiro atoms. The molecule has 40 heavy (non-hydrogen) atoms. The van der Waals surface area contributed by atoms with Crippen LogP contribution in [0.25, 0.3) is 0 Å². The number of rotatable bonds is 9. The monoisotopic (exact) mass is 540 g/mol. The maximum atomic E-state index is 14.1. The van der Waals surface area contributed by atoms with Crippen LogP contribution >= 0.6 is 0 Å². The van der Waals surface area contributed by atoms with E-state index in [1.165, 1.54) is 14.2 Å². The van der Waals surface area contributed by atoms with Gasteiger partial charge in [-0.25, -0.2) is 0 Å². The Balaban J connectivity index is 1.88. The molecule has 206 valence electrons. The van der Waals surface area contributed by atoms with Gasteiger partial charge in [-0.3, -0.25) is 9.59 Å². The van der Waals surface area contributed by atoms with Crippen molar-refractivity contribution >= 4 is 45.9 Å². The molecule has 4 rings (SSSR count). The Hall–Kier alpha value is -5.38. The highest BCUT2D eigenvalue weighted by Crippen LogP contribution is 2.41. The standard InChI is InChI=1S/C30H32N6O4/c1-39-20-7-5-6-19(16-20)35-29(37)27(21-12-10-17(31)14-23(21)33)28(22-13-11-18(32)15-24(22)34)30(38)36-25-8-3-4-9-26(25)40-2/h3-16,27-28H,31-34H2,1-2H3,(H,35,37)(H,36,38). The fourth-order valence-electron chi connectivity index (χ4n) is 4.58. The van der Waals surface area contributed by atoms with Crippen LogP contribution in [0.1, 0.15) is 23.0 Å². The molecule has 0 heterocycles. The first-order chi connectivity index (χ1) is 19.2. The first-order valence-electron chi connectivity index (χ1n) is 12.4. The number of carbonyl (C=O) groups is 2. The van der Waals surface area contributed by atoms with Crippen molar-refractivity contribution in [1.82, 2.24) is 0 Å². The van der Waals surface area contributed by atoms with Crippen LogP contribution in [0.4, 0.5) is 34.1 Å². The third kappa shape index (κ3) is 6.02. The van der Waals surface area contributed by atoms with Crippen molar-refractivity contribution in [3.63, 3.8) is 0 Å². The lowest BCUT2D eigenvalue weighted by Crippen LogP contribution is -2.34. The Morgan fingerprint density at radius 3 is 1.77 bits per heavy atom. The number of anilines is 6. The lowest BCUT2D eigenvalue weighted by Gasteiger charge is -2.29. The average molecular weight is 541 g/mol. The second kappa shape index (κ2) is 12.0. The summed E-state index contributed by atoms with van der Waals surface area (Å²) in [6.45, 7) is 0. The van der Waals surface area contributed by atoms with Crippen molar-refractivity contribution < 1.29 is 19.1 Å². The van der Waals surface area contributed by atoms with Crippen molar-refractivity contribution in [1.29, 1.82) is 0 Å². The molecule has 0 fully saturated rings. The van der Waals surface area contributed by atoms with E-state index < -0.39 is 23.7 Å². The summed E-state index contributed by atoms with van der Waals surface area (Å²) < 4.78 is 10.7. The van der Waals surface area contributed by atoms with Crippen LogP contribution in [-0.2, 0) is 9.59 Å². The number of para-hydroxylation sites is 2. The molecule has 0 aliphatic heterocycles. The highest BCUT2D eigenvalue weighted by molar-refractivity contribution is 6.06. The lowest BCUT2D eigenvalue weighted by atomic mass is 9.78. The second-order valence-electron chi connectivity index (χ2n) is 9.14. The zero-order valence-electron chi connectivity index (χ0n) is 22.2. The van der Waals surface area contributed by atoms with E-state index in [-0.39, 0.29) is 11.4 Å². The third-order valence-electron chi connectivity index (χ3n) is 6.49. The third-order valence-corrected chi connectivity index (χ3v) is 6.49. The van der Waals surface area contributed by atoms with E-state index in [9.17, 15) is 9.59 Å². The highest BCUT2D eigenvalue weighted by atomic mass is 16.5. The Morgan fingerprint density at radius 1 is 0.650 bits per heavy atom. The number of nitrogen functional groups attached to an aromatic ring is 4. The van der Waals surface area contributed by atoms with Crippen LogP contribution in [-0.4, -0.2) is 26.0 Å². The number of methoxy groups -OCH3 is 2. The van der Waals surface area contributed by atoms with E-state index in [4.69, 9.17) is 32.4 Å². The van der Waals surface area contributed by atoms with Gasteiger partial charge in [-0.1, -0.05) is 30.3 Å². The van der Waals surface area contributed by atoms with Gasteiger partial charge in [-0.05, 0) is 59.7 Å². The molecular weight excluding hydrogens is 508 g/mol. The molecule has 4 aromatic rings. The summed E-state index contributed by atoms with van der Waals surface area (Å²) in [5, 5.41) is 5.81. The Bertz CT molecular complexity index is 1540. The highest BCUT2D eigenvalue weighted by Gasteiger charge is 2.39. The van der Waals surface area contributed by atoms with Gasteiger partial charge < -0.3 is 43.0 Å². The zero-order valence-corrected chi connectivity index (χ0v) is 22.2. The number of benzene rings is 4. The van der Waals surface area contributed by atoms with E-state index in [2.05, 4.69) is 10.6 Å². The van der Waals surface area contributed by atoms with Gasteiger partial charge >= 0.3 is 0 Å². The minimum Gasteiger partial charge on any atom is -0.497 e. The fourth-order valence-corrected chi connectivity index (χ4v) is 4.58. The molecule has 2 atom stereocenters. The molecule has 10 heteroatoms. The number of hydrogen-bond acceptors (Lipinski definition) is 8. The van der Waals surface area contributed by atoms with E-state index in [0.717, 1.165) is 0 Å². The molecule has 0 bridgehead atoms. The summed E-state index contributed by atoms with van der Waals surface area (Å²) in [5.74, 6) is -2.28. The number of carbonyl (C=O) groups excluding carboxylic acids is 2. The van der Waals surface area contributed by atoms with Crippen LogP contribution < -0.4 is 43.0 Å². The van der Waals surface area contributed by atoms with Gasteiger partial charge in [-0.15, -0.1) is 0 Å². The normalized spacial score (nSPS) is 12.2. The molecule has 10 N–H and O–H groups in total. The number of ether oxygens (including phenoxy) is 2. The number of hydrogen-bond donors (Lipinski definition) is 6. The maximum absolute atomic E-state index is 14.1. The van der Waals surface area contributed by atoms with Crippen molar-refractivity contribution in [2.24, 2.45) is 0 Å². The summed E-state index contributed by atoms with van der Waals surface area (Å²) in [5.41, 5.74) is 27.7. The van der Waals surface area contributed by atoms with Gasteiger partial charge in [0, 0.05) is 34.5 Å². The van der Waals surface area contributed by atoms with Crippen molar-refractivity contribution in [2.75, 3.05) is 47.8 Å². The molecular formula is C30H32N6O4. The van der Waals surface area contributed by atoms with Gasteiger partial charge in [0.05, 0.1) is 31.7 Å². The Kier molecular flexibility index (Phi) is 8.29. The molecule has 0 aliphatic carbocycles. The van der Waals surface area contributed by atoms with Crippen molar-refractivity contribution in [3.8, 4) is 11.5 Å². The molecule has 0 aliphatic rings. The zero-order chi connectivity index (χ0) is 28.8. The molecule has 0 radical (unpaired) electrons.